The number of hydrogen-bond acceptors (Lipinski definition) is 1. The first-order chi connectivity index (χ1) is 7.45. The Bertz CT molecular complexity index is 357. The molecule has 0 unspecified atom stereocenters. The van der Waals surface area contributed by atoms with Gasteiger partial charge in [0.2, 0.25) is 5.91 Å². The summed E-state index contributed by atoms with van der Waals surface area (Å²) in [6, 6.07) is 8.11. The molecule has 0 atom stereocenters. The van der Waals surface area contributed by atoms with E-state index < -0.39 is 5.41 Å². The van der Waals surface area contributed by atoms with E-state index in [0.29, 0.717) is 12.4 Å². The van der Waals surface area contributed by atoms with E-state index in [9.17, 15) is 4.79 Å². The third kappa shape index (κ3) is 3.53. The zero-order valence-corrected chi connectivity index (χ0v) is 10.8. The van der Waals surface area contributed by atoms with Crippen LogP contribution in [0.2, 0.25) is 0 Å². The summed E-state index contributed by atoms with van der Waals surface area (Å²) in [6.07, 6.45) is 0. The van der Waals surface area contributed by atoms with Crippen molar-refractivity contribution in [3.63, 3.8) is 0 Å². The lowest BCUT2D eigenvalue weighted by Gasteiger charge is -2.20. The fourth-order valence-corrected chi connectivity index (χ4v) is 1.31. The molecule has 0 spiro atoms. The molecule has 0 fully saturated rings. The van der Waals surface area contributed by atoms with Gasteiger partial charge in [-0.2, -0.15) is 0 Å². The molecule has 1 rings (SSSR count). The number of carbonyl (C=O) groups is 1. The molecule has 0 aliphatic heterocycles. The zero-order valence-electron chi connectivity index (χ0n) is 10.0. The van der Waals surface area contributed by atoms with E-state index in [1.54, 1.807) is 0 Å². The van der Waals surface area contributed by atoms with Gasteiger partial charge in [-0.1, -0.05) is 29.8 Å². The second kappa shape index (κ2) is 5.35. The minimum absolute atomic E-state index is 0.0110. The quantitative estimate of drug-likeness (QED) is 0.805. The first kappa shape index (κ1) is 13.0. The molecule has 0 radical (unpaired) electrons. The number of nitrogens with one attached hydrogen (secondary N) is 1. The lowest BCUT2D eigenvalue weighted by molar-refractivity contribution is -0.128. The summed E-state index contributed by atoms with van der Waals surface area (Å²) in [5.74, 6) is 0.315. The molecule has 0 aromatic heterocycles. The zero-order chi connectivity index (χ0) is 12.2. The van der Waals surface area contributed by atoms with Crippen molar-refractivity contribution in [3.05, 3.63) is 35.4 Å². The maximum Gasteiger partial charge on any atom is 0.227 e. The molecule has 0 heterocycles. The van der Waals surface area contributed by atoms with Crippen LogP contribution in [0.3, 0.4) is 0 Å². The Hall–Kier alpha value is -1.02. The molecular formula is C13H18ClNO. The molecule has 2 nitrogen and oxygen atoms in total. The van der Waals surface area contributed by atoms with E-state index in [-0.39, 0.29) is 5.91 Å². The third-order valence-corrected chi connectivity index (χ3v) is 3.19. The van der Waals surface area contributed by atoms with Gasteiger partial charge in [0.05, 0.1) is 5.41 Å². The summed E-state index contributed by atoms with van der Waals surface area (Å²) in [5, 5.41) is 2.89. The summed E-state index contributed by atoms with van der Waals surface area (Å²) < 4.78 is 0. The van der Waals surface area contributed by atoms with Crippen LogP contribution in [0.4, 0.5) is 0 Å². The van der Waals surface area contributed by atoms with Crippen LogP contribution >= 0.6 is 11.6 Å². The van der Waals surface area contributed by atoms with E-state index in [4.69, 9.17) is 11.6 Å². The van der Waals surface area contributed by atoms with Gasteiger partial charge >= 0.3 is 0 Å². The van der Waals surface area contributed by atoms with Gasteiger partial charge < -0.3 is 5.32 Å². The van der Waals surface area contributed by atoms with E-state index in [1.807, 2.05) is 45.0 Å². The maximum absolute atomic E-state index is 11.7. The lowest BCUT2D eigenvalue weighted by atomic mass is 9.95. The molecule has 0 saturated carbocycles. The van der Waals surface area contributed by atoms with Crippen molar-refractivity contribution in [2.24, 2.45) is 5.41 Å². The van der Waals surface area contributed by atoms with Crippen LogP contribution in [0.5, 0.6) is 0 Å². The van der Waals surface area contributed by atoms with Crippen molar-refractivity contribution in [1.82, 2.24) is 5.32 Å². The molecule has 1 aromatic carbocycles. The first-order valence-corrected chi connectivity index (χ1v) is 5.89. The molecule has 0 aliphatic carbocycles. The normalized spacial score (nSPS) is 11.2. The SMILES string of the molecule is Cc1ccc(CNC(=O)C(C)(C)CCl)cc1. The van der Waals surface area contributed by atoms with E-state index in [2.05, 4.69) is 5.32 Å². The number of alkyl halides is 1. The average molecular weight is 240 g/mol. The number of rotatable bonds is 4. The van der Waals surface area contributed by atoms with Crippen molar-refractivity contribution >= 4 is 17.5 Å². The fourth-order valence-electron chi connectivity index (χ4n) is 1.19. The number of halogens is 1. The van der Waals surface area contributed by atoms with Crippen LogP contribution in [0, 0.1) is 12.3 Å². The fraction of sp³-hybridized carbons (Fsp3) is 0.462. The van der Waals surface area contributed by atoms with Crippen molar-refractivity contribution in [3.8, 4) is 0 Å². The highest BCUT2D eigenvalue weighted by atomic mass is 35.5. The Morgan fingerprint density at radius 1 is 1.31 bits per heavy atom. The summed E-state index contributed by atoms with van der Waals surface area (Å²) in [4.78, 5) is 11.7. The number of amides is 1. The molecule has 88 valence electrons. The molecule has 0 aliphatic rings. The van der Waals surface area contributed by atoms with Gasteiger partial charge in [0.1, 0.15) is 0 Å². The van der Waals surface area contributed by atoms with Gasteiger partial charge in [0.15, 0.2) is 0 Å². The highest BCUT2D eigenvalue weighted by Crippen LogP contribution is 2.17. The highest BCUT2D eigenvalue weighted by Gasteiger charge is 2.25. The third-order valence-electron chi connectivity index (χ3n) is 2.52. The molecule has 0 bridgehead atoms. The number of carbonyl (C=O) groups excluding carboxylic acids is 1. The van der Waals surface area contributed by atoms with Gasteiger partial charge in [0, 0.05) is 12.4 Å². The van der Waals surface area contributed by atoms with E-state index in [1.165, 1.54) is 5.56 Å². The van der Waals surface area contributed by atoms with E-state index in [0.717, 1.165) is 5.56 Å². The molecule has 1 amide bonds. The predicted octanol–water partition coefficient (Wildman–Crippen LogP) is 2.88. The molecule has 1 N–H and O–H groups in total. The van der Waals surface area contributed by atoms with Gasteiger partial charge in [-0.3, -0.25) is 4.79 Å². The van der Waals surface area contributed by atoms with Gasteiger partial charge in [0.25, 0.3) is 0 Å². The Morgan fingerprint density at radius 2 is 1.88 bits per heavy atom. The van der Waals surface area contributed by atoms with Crippen LogP contribution in [0.15, 0.2) is 24.3 Å². The minimum Gasteiger partial charge on any atom is -0.352 e. The van der Waals surface area contributed by atoms with Crippen molar-refractivity contribution < 1.29 is 4.79 Å². The van der Waals surface area contributed by atoms with Crippen LogP contribution in [0.1, 0.15) is 25.0 Å². The standard InChI is InChI=1S/C13H18ClNO/c1-10-4-6-11(7-5-10)8-15-12(16)13(2,3)9-14/h4-7H,8-9H2,1-3H3,(H,15,16). The average Bonchev–Trinajstić information content (AvgIpc) is 2.28. The monoisotopic (exact) mass is 239 g/mol. The maximum atomic E-state index is 11.7. The van der Waals surface area contributed by atoms with Crippen LogP contribution in [0.25, 0.3) is 0 Å². The van der Waals surface area contributed by atoms with Crippen LogP contribution in [-0.4, -0.2) is 11.8 Å². The Morgan fingerprint density at radius 3 is 2.38 bits per heavy atom. The van der Waals surface area contributed by atoms with E-state index >= 15 is 0 Å². The van der Waals surface area contributed by atoms with Gasteiger partial charge in [-0.25, -0.2) is 0 Å². The summed E-state index contributed by atoms with van der Waals surface area (Å²) in [7, 11) is 0. The predicted molar refractivity (Wildman–Crippen MR) is 67.5 cm³/mol. The number of aryl methyl sites for hydroxylation is 1. The lowest BCUT2D eigenvalue weighted by Crippen LogP contribution is -2.37. The summed E-state index contributed by atoms with van der Waals surface area (Å²) in [5.41, 5.74) is 1.81. The van der Waals surface area contributed by atoms with Crippen LogP contribution in [-0.2, 0) is 11.3 Å². The molecule has 16 heavy (non-hydrogen) atoms. The van der Waals surface area contributed by atoms with Crippen molar-refractivity contribution in [1.29, 1.82) is 0 Å². The van der Waals surface area contributed by atoms with Crippen molar-refractivity contribution in [2.45, 2.75) is 27.3 Å². The summed E-state index contributed by atoms with van der Waals surface area (Å²) in [6.45, 7) is 6.27. The van der Waals surface area contributed by atoms with Gasteiger partial charge in [-0.15, -0.1) is 11.6 Å². The number of hydrogen-bond donors (Lipinski definition) is 1. The second-order valence-electron chi connectivity index (χ2n) is 4.69. The highest BCUT2D eigenvalue weighted by molar-refractivity contribution is 6.19. The Kier molecular flexibility index (Phi) is 4.36. The topological polar surface area (TPSA) is 29.1 Å². The second-order valence-corrected chi connectivity index (χ2v) is 4.95. The smallest absolute Gasteiger partial charge is 0.227 e. The summed E-state index contributed by atoms with van der Waals surface area (Å²) >= 11 is 5.73. The first-order valence-electron chi connectivity index (χ1n) is 5.35. The molecule has 0 saturated heterocycles. The molecule has 3 heteroatoms. The van der Waals surface area contributed by atoms with Crippen LogP contribution < -0.4 is 5.32 Å². The van der Waals surface area contributed by atoms with Gasteiger partial charge in [-0.05, 0) is 26.3 Å². The molecular weight excluding hydrogens is 222 g/mol. The Labute approximate surface area is 102 Å². The number of benzene rings is 1. The minimum atomic E-state index is -0.508. The largest absolute Gasteiger partial charge is 0.352 e. The Balaban J connectivity index is 2.52. The van der Waals surface area contributed by atoms with Crippen molar-refractivity contribution in [2.75, 3.05) is 5.88 Å². The molecule has 1 aromatic rings.